The highest BCUT2D eigenvalue weighted by molar-refractivity contribution is 6.29. The van der Waals surface area contributed by atoms with E-state index >= 15 is 0 Å². The minimum absolute atomic E-state index is 0.426. The van der Waals surface area contributed by atoms with Crippen molar-refractivity contribution in [2.75, 3.05) is 23.4 Å². The molecule has 7 heteroatoms. The van der Waals surface area contributed by atoms with Gasteiger partial charge in [-0.2, -0.15) is 4.79 Å². The van der Waals surface area contributed by atoms with Crippen molar-refractivity contribution in [1.29, 1.82) is 0 Å². The Kier molecular flexibility index (Phi) is 3.50. The second kappa shape index (κ2) is 5.44. The predicted octanol–water partition coefficient (Wildman–Crippen LogP) is 1.54. The molecule has 100 valence electrons. The molecule has 1 aliphatic heterocycles. The lowest BCUT2D eigenvalue weighted by atomic mass is 10.1. The van der Waals surface area contributed by atoms with Gasteiger partial charge in [0.25, 0.3) is 0 Å². The predicted molar refractivity (Wildman–Crippen MR) is 73.9 cm³/mol. The molecule has 0 saturated carbocycles. The Morgan fingerprint density at radius 3 is 2.84 bits per heavy atom. The van der Waals surface area contributed by atoms with E-state index in [2.05, 4.69) is 25.4 Å². The first-order valence-electron chi connectivity index (χ1n) is 6.29. The maximum atomic E-state index is 5.92. The van der Waals surface area contributed by atoms with Crippen molar-refractivity contribution in [1.82, 2.24) is 19.9 Å². The van der Waals surface area contributed by atoms with Gasteiger partial charge in [-0.05, 0) is 25.0 Å². The Bertz CT molecular complexity index is 521. The largest absolute Gasteiger partial charge is 0.371 e. The van der Waals surface area contributed by atoms with E-state index in [9.17, 15) is 0 Å². The normalized spacial score (nSPS) is 16.6. The number of rotatable bonds is 3. The molecule has 2 aromatic rings. The minimum atomic E-state index is 0.426. The zero-order valence-electron chi connectivity index (χ0n) is 10.4. The van der Waals surface area contributed by atoms with E-state index in [4.69, 9.17) is 11.6 Å². The van der Waals surface area contributed by atoms with Crippen LogP contribution in [0.1, 0.15) is 12.8 Å². The summed E-state index contributed by atoms with van der Waals surface area (Å²) in [6.07, 6.45) is 7.06. The van der Waals surface area contributed by atoms with Crippen molar-refractivity contribution in [2.45, 2.75) is 18.9 Å². The first-order valence-corrected chi connectivity index (χ1v) is 6.67. The summed E-state index contributed by atoms with van der Waals surface area (Å²) in [6, 6.07) is 4.33. The molecular formula is C12H15ClN6. The van der Waals surface area contributed by atoms with E-state index in [1.165, 1.54) is 6.33 Å². The van der Waals surface area contributed by atoms with Gasteiger partial charge in [-0.25, -0.2) is 9.97 Å². The Morgan fingerprint density at radius 2 is 2.16 bits per heavy atom. The van der Waals surface area contributed by atoms with Gasteiger partial charge in [0.05, 0.1) is 0 Å². The number of piperidine rings is 1. The van der Waals surface area contributed by atoms with Gasteiger partial charge in [-0.3, -0.25) is 0 Å². The summed E-state index contributed by atoms with van der Waals surface area (Å²) < 4.78 is 0. The number of pyridine rings is 1. The summed E-state index contributed by atoms with van der Waals surface area (Å²) in [6.45, 7) is 1.99. The van der Waals surface area contributed by atoms with Crippen LogP contribution in [0, 0.1) is 0 Å². The van der Waals surface area contributed by atoms with E-state index in [1.807, 2.05) is 12.1 Å². The molecule has 0 unspecified atom stereocenters. The van der Waals surface area contributed by atoms with Crippen molar-refractivity contribution < 1.29 is 0 Å². The van der Waals surface area contributed by atoms with Crippen LogP contribution >= 0.6 is 11.6 Å². The second-order valence-corrected chi connectivity index (χ2v) is 4.95. The number of aromatic nitrogens is 4. The topological polar surface area (TPSA) is 58.9 Å². The average molecular weight is 279 g/mol. The van der Waals surface area contributed by atoms with E-state index in [-0.39, 0.29) is 0 Å². The van der Waals surface area contributed by atoms with Crippen LogP contribution in [0.5, 0.6) is 0 Å². The molecule has 0 aromatic carbocycles. The fourth-order valence-corrected chi connectivity index (χ4v) is 2.49. The maximum Gasteiger partial charge on any atom is 0.139 e. The average Bonchev–Trinajstić information content (AvgIpc) is 2.92. The van der Waals surface area contributed by atoms with Crippen molar-refractivity contribution in [3.05, 3.63) is 36.1 Å². The van der Waals surface area contributed by atoms with Crippen LogP contribution in [-0.2, 0) is 0 Å². The van der Waals surface area contributed by atoms with E-state index in [0.717, 1.165) is 31.6 Å². The molecule has 1 aliphatic rings. The molecule has 1 saturated heterocycles. The lowest BCUT2D eigenvalue weighted by molar-refractivity contribution is 0.480. The second-order valence-electron chi connectivity index (χ2n) is 4.57. The third kappa shape index (κ3) is 2.96. The minimum Gasteiger partial charge on any atom is -0.371 e. The molecule has 2 aromatic heterocycles. The van der Waals surface area contributed by atoms with Crippen molar-refractivity contribution in [3.63, 3.8) is 0 Å². The highest BCUT2D eigenvalue weighted by atomic mass is 35.5. The zero-order chi connectivity index (χ0) is 13.1. The zero-order valence-corrected chi connectivity index (χ0v) is 11.2. The van der Waals surface area contributed by atoms with Gasteiger partial charge in [-0.1, -0.05) is 11.6 Å². The summed E-state index contributed by atoms with van der Waals surface area (Å²) in [7, 11) is 0. The number of hydrogen-bond donors (Lipinski definition) is 1. The number of hydrogen-bond acceptors (Lipinski definition) is 5. The van der Waals surface area contributed by atoms with Gasteiger partial charge < -0.3 is 10.3 Å². The molecular weight excluding hydrogens is 264 g/mol. The molecule has 3 heterocycles. The third-order valence-electron chi connectivity index (χ3n) is 3.30. The molecule has 1 fully saturated rings. The van der Waals surface area contributed by atoms with Crippen LogP contribution in [-0.4, -0.2) is 39.0 Å². The van der Waals surface area contributed by atoms with Gasteiger partial charge in [0, 0.05) is 31.0 Å². The van der Waals surface area contributed by atoms with Crippen molar-refractivity contribution in [2.24, 2.45) is 0 Å². The van der Waals surface area contributed by atoms with E-state index in [0.29, 0.717) is 11.2 Å². The first-order chi connectivity index (χ1) is 9.31. The molecule has 0 amide bonds. The standard InChI is InChI=1S/C12H15ClN6/c13-12-7-11(1-4-15-12)18-5-2-10(3-6-18)17-19-9-14-8-16-19/h1,4,7-10,17H,2-3,5-6H2. The van der Waals surface area contributed by atoms with E-state index < -0.39 is 0 Å². The molecule has 0 aliphatic carbocycles. The Hall–Kier alpha value is -1.82. The summed E-state index contributed by atoms with van der Waals surface area (Å²) in [5.74, 6) is 0. The Morgan fingerprint density at radius 1 is 1.32 bits per heavy atom. The molecule has 3 rings (SSSR count). The number of nitrogens with one attached hydrogen (secondary N) is 1. The molecule has 6 nitrogen and oxygen atoms in total. The van der Waals surface area contributed by atoms with Gasteiger partial charge >= 0.3 is 0 Å². The Labute approximate surface area is 116 Å². The number of halogens is 1. The van der Waals surface area contributed by atoms with Crippen molar-refractivity contribution in [3.8, 4) is 0 Å². The van der Waals surface area contributed by atoms with Gasteiger partial charge in [0.1, 0.15) is 17.8 Å². The van der Waals surface area contributed by atoms with Gasteiger partial charge in [-0.15, -0.1) is 5.10 Å². The Balaban J connectivity index is 1.57. The number of nitrogens with zero attached hydrogens (tertiary/aromatic N) is 5. The smallest absolute Gasteiger partial charge is 0.139 e. The van der Waals surface area contributed by atoms with Crippen LogP contribution in [0.3, 0.4) is 0 Å². The summed E-state index contributed by atoms with van der Waals surface area (Å²) in [5.41, 5.74) is 4.46. The highest BCUT2D eigenvalue weighted by Crippen LogP contribution is 2.21. The fourth-order valence-electron chi connectivity index (χ4n) is 2.32. The molecule has 0 spiro atoms. The van der Waals surface area contributed by atoms with Crippen molar-refractivity contribution >= 4 is 17.3 Å². The lowest BCUT2D eigenvalue weighted by Crippen LogP contribution is -2.41. The third-order valence-corrected chi connectivity index (χ3v) is 3.51. The summed E-state index contributed by atoms with van der Waals surface area (Å²) in [5, 5.41) is 4.60. The molecule has 0 radical (unpaired) electrons. The van der Waals surface area contributed by atoms with Crippen LogP contribution in [0.4, 0.5) is 5.69 Å². The van der Waals surface area contributed by atoms with Gasteiger partial charge in [0.15, 0.2) is 0 Å². The maximum absolute atomic E-state index is 5.92. The molecule has 1 N–H and O–H groups in total. The van der Waals surface area contributed by atoms with E-state index in [1.54, 1.807) is 17.3 Å². The summed E-state index contributed by atoms with van der Waals surface area (Å²) >= 11 is 5.92. The SMILES string of the molecule is Clc1cc(N2CCC(Nn3cncn3)CC2)ccn1. The molecule has 0 atom stereocenters. The first kappa shape index (κ1) is 12.2. The van der Waals surface area contributed by atoms with Crippen LogP contribution in [0.15, 0.2) is 31.0 Å². The van der Waals surface area contributed by atoms with Crippen LogP contribution < -0.4 is 10.3 Å². The van der Waals surface area contributed by atoms with Crippen LogP contribution in [0.2, 0.25) is 5.15 Å². The van der Waals surface area contributed by atoms with Gasteiger partial charge in [0.2, 0.25) is 0 Å². The molecule has 0 bridgehead atoms. The fraction of sp³-hybridized carbons (Fsp3) is 0.417. The highest BCUT2D eigenvalue weighted by Gasteiger charge is 2.19. The molecule has 19 heavy (non-hydrogen) atoms. The lowest BCUT2D eigenvalue weighted by Gasteiger charge is -2.34. The monoisotopic (exact) mass is 278 g/mol. The number of anilines is 1. The summed E-state index contributed by atoms with van der Waals surface area (Å²) in [4.78, 5) is 11.9. The van der Waals surface area contributed by atoms with Crippen LogP contribution in [0.25, 0.3) is 0 Å². The quantitative estimate of drug-likeness (QED) is 0.863.